The molecule has 0 saturated carbocycles. The summed E-state index contributed by atoms with van der Waals surface area (Å²) in [6.45, 7) is 1.83. The Bertz CT molecular complexity index is 688. The van der Waals surface area contributed by atoms with Crippen LogP contribution in [0, 0.1) is 6.92 Å². The SMILES string of the molecule is Cc1cccc(S(C)(=O)=O)c1-c1ccccc1O. The van der Waals surface area contributed by atoms with Gasteiger partial charge in [-0.25, -0.2) is 8.42 Å². The highest BCUT2D eigenvalue weighted by atomic mass is 32.2. The Morgan fingerprint density at radius 3 is 2.28 bits per heavy atom. The van der Waals surface area contributed by atoms with E-state index in [9.17, 15) is 13.5 Å². The molecule has 0 aliphatic carbocycles. The molecule has 0 aliphatic heterocycles. The normalized spacial score (nSPS) is 11.4. The molecule has 1 N–H and O–H groups in total. The second-order valence-electron chi connectivity index (χ2n) is 4.24. The smallest absolute Gasteiger partial charge is 0.176 e. The molecule has 0 saturated heterocycles. The zero-order chi connectivity index (χ0) is 13.3. The zero-order valence-corrected chi connectivity index (χ0v) is 11.0. The number of benzene rings is 2. The number of hydrogen-bond acceptors (Lipinski definition) is 3. The first-order valence-electron chi connectivity index (χ1n) is 5.49. The quantitative estimate of drug-likeness (QED) is 0.905. The van der Waals surface area contributed by atoms with Crippen LogP contribution in [0.1, 0.15) is 5.56 Å². The fraction of sp³-hybridized carbons (Fsp3) is 0.143. The molecule has 2 rings (SSSR count). The predicted molar refractivity (Wildman–Crippen MR) is 71.4 cm³/mol. The summed E-state index contributed by atoms with van der Waals surface area (Å²) in [7, 11) is -3.33. The minimum Gasteiger partial charge on any atom is -0.507 e. The highest BCUT2D eigenvalue weighted by Crippen LogP contribution is 2.35. The van der Waals surface area contributed by atoms with Crippen molar-refractivity contribution in [3.05, 3.63) is 48.0 Å². The molecule has 0 unspecified atom stereocenters. The molecule has 2 aromatic rings. The molecular formula is C14H14O3S. The van der Waals surface area contributed by atoms with Crippen molar-refractivity contribution in [2.45, 2.75) is 11.8 Å². The van der Waals surface area contributed by atoms with E-state index >= 15 is 0 Å². The molecule has 0 aromatic heterocycles. The summed E-state index contributed by atoms with van der Waals surface area (Å²) >= 11 is 0. The van der Waals surface area contributed by atoms with Crippen molar-refractivity contribution in [3.8, 4) is 16.9 Å². The maximum atomic E-state index is 11.8. The molecule has 0 heterocycles. The number of sulfone groups is 1. The van der Waals surface area contributed by atoms with Crippen LogP contribution in [-0.2, 0) is 9.84 Å². The Hall–Kier alpha value is -1.81. The minimum atomic E-state index is -3.33. The van der Waals surface area contributed by atoms with Crippen molar-refractivity contribution in [2.75, 3.05) is 6.26 Å². The fourth-order valence-electron chi connectivity index (χ4n) is 1.98. The molecule has 0 spiro atoms. The average molecular weight is 262 g/mol. The Balaban J connectivity index is 2.84. The summed E-state index contributed by atoms with van der Waals surface area (Å²) in [5.74, 6) is 0.0803. The van der Waals surface area contributed by atoms with Gasteiger partial charge < -0.3 is 5.11 Å². The third-order valence-corrected chi connectivity index (χ3v) is 3.95. The van der Waals surface area contributed by atoms with Crippen LogP contribution in [0.3, 0.4) is 0 Å². The molecule has 4 heteroatoms. The predicted octanol–water partition coefficient (Wildman–Crippen LogP) is 2.77. The standard InChI is InChI=1S/C14H14O3S/c1-10-6-5-9-13(18(2,16)17)14(10)11-7-3-4-8-12(11)15/h3-9,15H,1-2H3. The van der Waals surface area contributed by atoms with Crippen molar-refractivity contribution < 1.29 is 13.5 Å². The molecule has 3 nitrogen and oxygen atoms in total. The minimum absolute atomic E-state index is 0.0803. The highest BCUT2D eigenvalue weighted by molar-refractivity contribution is 7.90. The lowest BCUT2D eigenvalue weighted by atomic mass is 10.00. The second kappa shape index (κ2) is 4.46. The summed E-state index contributed by atoms with van der Waals surface area (Å²) in [5.41, 5.74) is 1.92. The van der Waals surface area contributed by atoms with E-state index < -0.39 is 9.84 Å². The summed E-state index contributed by atoms with van der Waals surface area (Å²) in [6.07, 6.45) is 1.17. The molecule has 0 aliphatic rings. The zero-order valence-electron chi connectivity index (χ0n) is 10.2. The van der Waals surface area contributed by atoms with E-state index in [1.54, 1.807) is 36.4 Å². The van der Waals surface area contributed by atoms with Crippen LogP contribution in [-0.4, -0.2) is 19.8 Å². The Kier molecular flexibility index (Phi) is 3.13. The molecule has 0 radical (unpaired) electrons. The topological polar surface area (TPSA) is 54.4 Å². The fourth-order valence-corrected chi connectivity index (χ4v) is 2.95. The number of aromatic hydroxyl groups is 1. The van der Waals surface area contributed by atoms with Crippen molar-refractivity contribution >= 4 is 9.84 Å². The van der Waals surface area contributed by atoms with Crippen molar-refractivity contribution in [3.63, 3.8) is 0 Å². The lowest BCUT2D eigenvalue weighted by Crippen LogP contribution is -2.01. The monoisotopic (exact) mass is 262 g/mol. The van der Waals surface area contributed by atoms with Gasteiger partial charge in [0.2, 0.25) is 0 Å². The lowest BCUT2D eigenvalue weighted by molar-refractivity contribution is 0.477. The van der Waals surface area contributed by atoms with Gasteiger partial charge in [0.05, 0.1) is 4.90 Å². The largest absolute Gasteiger partial charge is 0.507 e. The van der Waals surface area contributed by atoms with Crippen molar-refractivity contribution in [1.82, 2.24) is 0 Å². The first-order valence-corrected chi connectivity index (χ1v) is 7.38. The van der Waals surface area contributed by atoms with Gasteiger partial charge in [0, 0.05) is 17.4 Å². The third-order valence-electron chi connectivity index (χ3n) is 2.81. The van der Waals surface area contributed by atoms with Gasteiger partial charge in [-0.15, -0.1) is 0 Å². The molecule has 2 aromatic carbocycles. The van der Waals surface area contributed by atoms with Crippen LogP contribution in [0.25, 0.3) is 11.1 Å². The van der Waals surface area contributed by atoms with Gasteiger partial charge in [-0.05, 0) is 24.6 Å². The van der Waals surface area contributed by atoms with E-state index in [0.29, 0.717) is 11.1 Å². The molecule has 0 bridgehead atoms. The van der Waals surface area contributed by atoms with Gasteiger partial charge in [0.1, 0.15) is 5.75 Å². The number of aryl methyl sites for hydroxylation is 1. The number of hydrogen-bond donors (Lipinski definition) is 1. The molecule has 0 amide bonds. The number of phenols is 1. The summed E-state index contributed by atoms with van der Waals surface area (Å²) < 4.78 is 23.6. The van der Waals surface area contributed by atoms with Gasteiger partial charge in [0.25, 0.3) is 0 Å². The van der Waals surface area contributed by atoms with E-state index in [1.807, 2.05) is 13.0 Å². The Morgan fingerprint density at radius 2 is 1.67 bits per heavy atom. The van der Waals surface area contributed by atoms with Gasteiger partial charge in [-0.1, -0.05) is 30.3 Å². The summed E-state index contributed by atoms with van der Waals surface area (Å²) in [5, 5.41) is 9.88. The maximum absolute atomic E-state index is 11.8. The van der Waals surface area contributed by atoms with E-state index in [-0.39, 0.29) is 10.6 Å². The van der Waals surface area contributed by atoms with E-state index in [0.717, 1.165) is 5.56 Å². The Morgan fingerprint density at radius 1 is 1.00 bits per heavy atom. The number of para-hydroxylation sites is 1. The van der Waals surface area contributed by atoms with Crippen LogP contribution < -0.4 is 0 Å². The van der Waals surface area contributed by atoms with Gasteiger partial charge in [-0.2, -0.15) is 0 Å². The summed E-state index contributed by atoms with van der Waals surface area (Å²) in [6, 6.07) is 11.8. The van der Waals surface area contributed by atoms with E-state index in [2.05, 4.69) is 0 Å². The first-order chi connectivity index (χ1) is 8.41. The molecule has 0 fully saturated rings. The molecule has 0 atom stereocenters. The highest BCUT2D eigenvalue weighted by Gasteiger charge is 2.18. The lowest BCUT2D eigenvalue weighted by Gasteiger charge is -2.12. The first kappa shape index (κ1) is 12.6. The van der Waals surface area contributed by atoms with Crippen LogP contribution in [0.15, 0.2) is 47.4 Å². The Labute approximate surface area is 107 Å². The van der Waals surface area contributed by atoms with Crippen LogP contribution in [0.5, 0.6) is 5.75 Å². The van der Waals surface area contributed by atoms with Crippen LogP contribution in [0.4, 0.5) is 0 Å². The number of phenolic OH excluding ortho intramolecular Hbond substituents is 1. The second-order valence-corrected chi connectivity index (χ2v) is 6.22. The maximum Gasteiger partial charge on any atom is 0.176 e. The molecule has 18 heavy (non-hydrogen) atoms. The summed E-state index contributed by atoms with van der Waals surface area (Å²) in [4.78, 5) is 0.240. The van der Waals surface area contributed by atoms with E-state index in [4.69, 9.17) is 0 Å². The number of rotatable bonds is 2. The van der Waals surface area contributed by atoms with Crippen LogP contribution >= 0.6 is 0 Å². The van der Waals surface area contributed by atoms with E-state index in [1.165, 1.54) is 6.26 Å². The van der Waals surface area contributed by atoms with Gasteiger partial charge in [0.15, 0.2) is 9.84 Å². The van der Waals surface area contributed by atoms with Crippen LogP contribution in [0.2, 0.25) is 0 Å². The van der Waals surface area contributed by atoms with Crippen molar-refractivity contribution in [2.24, 2.45) is 0 Å². The third kappa shape index (κ3) is 2.24. The average Bonchev–Trinajstić information content (AvgIpc) is 2.29. The molecule has 94 valence electrons. The van der Waals surface area contributed by atoms with Gasteiger partial charge >= 0.3 is 0 Å². The van der Waals surface area contributed by atoms with Gasteiger partial charge in [-0.3, -0.25) is 0 Å². The van der Waals surface area contributed by atoms with Crippen molar-refractivity contribution in [1.29, 1.82) is 0 Å². The molecular weight excluding hydrogens is 248 g/mol.